The lowest BCUT2D eigenvalue weighted by atomic mass is 9.95. The Labute approximate surface area is 98.8 Å². The Bertz CT molecular complexity index is 228. The minimum absolute atomic E-state index is 0.139. The molecule has 15 heavy (non-hydrogen) atoms. The maximum atomic E-state index is 11.8. The van der Waals surface area contributed by atoms with Crippen LogP contribution in [0.25, 0.3) is 0 Å². The van der Waals surface area contributed by atoms with Crippen LogP contribution in [0.15, 0.2) is 0 Å². The van der Waals surface area contributed by atoms with E-state index in [4.69, 9.17) is 0 Å². The molecule has 0 bridgehead atoms. The van der Waals surface area contributed by atoms with Crippen molar-refractivity contribution in [3.63, 3.8) is 0 Å². The van der Waals surface area contributed by atoms with Crippen molar-refractivity contribution in [1.82, 2.24) is 4.90 Å². The van der Waals surface area contributed by atoms with Gasteiger partial charge in [-0.1, -0.05) is 27.2 Å². The molecule has 1 aliphatic rings. The van der Waals surface area contributed by atoms with Crippen molar-refractivity contribution in [2.24, 2.45) is 11.3 Å². The van der Waals surface area contributed by atoms with Gasteiger partial charge in [-0.05, 0) is 23.5 Å². The number of hydrogen-bond acceptors (Lipinski definition) is 2. The maximum absolute atomic E-state index is 11.8. The molecule has 1 aliphatic heterocycles. The van der Waals surface area contributed by atoms with Crippen LogP contribution in [0.3, 0.4) is 0 Å². The van der Waals surface area contributed by atoms with Gasteiger partial charge in [-0.2, -0.15) is 12.6 Å². The number of hydrogen-bond donors (Lipinski definition) is 1. The van der Waals surface area contributed by atoms with Crippen LogP contribution in [0.5, 0.6) is 0 Å². The molecule has 0 saturated carbocycles. The number of nitrogens with zero attached hydrogens (tertiary/aromatic N) is 1. The molecule has 1 heterocycles. The first-order valence-electron chi connectivity index (χ1n) is 5.87. The van der Waals surface area contributed by atoms with Gasteiger partial charge in [0, 0.05) is 19.5 Å². The number of rotatable bonds is 5. The molecular formula is C12H23NOS. The zero-order chi connectivity index (χ0) is 11.5. The van der Waals surface area contributed by atoms with Gasteiger partial charge in [0.1, 0.15) is 0 Å². The van der Waals surface area contributed by atoms with E-state index in [0.717, 1.165) is 25.3 Å². The number of amides is 1. The molecule has 0 N–H and O–H groups in total. The largest absolute Gasteiger partial charge is 0.342 e. The van der Waals surface area contributed by atoms with E-state index >= 15 is 0 Å². The second-order valence-electron chi connectivity index (χ2n) is 5.46. The molecule has 88 valence electrons. The molecule has 1 unspecified atom stereocenters. The van der Waals surface area contributed by atoms with Gasteiger partial charge in [0.15, 0.2) is 0 Å². The first kappa shape index (κ1) is 12.9. The van der Waals surface area contributed by atoms with Crippen molar-refractivity contribution in [1.29, 1.82) is 0 Å². The molecule has 1 rings (SSSR count). The third-order valence-electron chi connectivity index (χ3n) is 3.04. The summed E-state index contributed by atoms with van der Waals surface area (Å²) in [6.07, 6.45) is 3.13. The zero-order valence-corrected chi connectivity index (χ0v) is 11.0. The number of likely N-dealkylation sites (tertiary alicyclic amines) is 1. The van der Waals surface area contributed by atoms with E-state index < -0.39 is 0 Å². The third-order valence-corrected chi connectivity index (χ3v) is 3.89. The van der Waals surface area contributed by atoms with Crippen molar-refractivity contribution in [3.05, 3.63) is 0 Å². The van der Waals surface area contributed by atoms with E-state index in [1.165, 1.54) is 12.8 Å². The molecule has 1 fully saturated rings. The van der Waals surface area contributed by atoms with Crippen LogP contribution < -0.4 is 0 Å². The molecule has 0 aliphatic carbocycles. The van der Waals surface area contributed by atoms with Gasteiger partial charge < -0.3 is 4.90 Å². The second-order valence-corrected chi connectivity index (χ2v) is 5.77. The Kier molecular flexibility index (Phi) is 4.50. The Morgan fingerprint density at radius 3 is 2.73 bits per heavy atom. The zero-order valence-electron chi connectivity index (χ0n) is 10.1. The summed E-state index contributed by atoms with van der Waals surface area (Å²) in [5.74, 6) is 1.76. The Morgan fingerprint density at radius 1 is 1.53 bits per heavy atom. The quantitative estimate of drug-likeness (QED) is 0.719. The van der Waals surface area contributed by atoms with E-state index in [1.807, 2.05) is 4.90 Å². The summed E-state index contributed by atoms with van der Waals surface area (Å²) in [5.41, 5.74) is 0.139. The molecule has 1 atom stereocenters. The second kappa shape index (κ2) is 5.24. The average molecular weight is 229 g/mol. The summed E-state index contributed by atoms with van der Waals surface area (Å²) >= 11 is 4.33. The smallest absolute Gasteiger partial charge is 0.222 e. The van der Waals surface area contributed by atoms with Crippen LogP contribution in [0, 0.1) is 11.3 Å². The molecule has 0 spiro atoms. The molecular weight excluding hydrogens is 206 g/mol. The van der Waals surface area contributed by atoms with Gasteiger partial charge in [0.05, 0.1) is 0 Å². The summed E-state index contributed by atoms with van der Waals surface area (Å²) in [5, 5.41) is 0. The van der Waals surface area contributed by atoms with Gasteiger partial charge in [0.25, 0.3) is 0 Å². The van der Waals surface area contributed by atoms with Crippen LogP contribution in [0.1, 0.15) is 40.0 Å². The minimum atomic E-state index is 0.139. The lowest BCUT2D eigenvalue weighted by Gasteiger charge is -2.28. The van der Waals surface area contributed by atoms with E-state index in [0.29, 0.717) is 11.8 Å². The highest BCUT2D eigenvalue weighted by Gasteiger charge is 2.32. The highest BCUT2D eigenvalue weighted by molar-refractivity contribution is 7.80. The fourth-order valence-electron chi connectivity index (χ4n) is 2.18. The van der Waals surface area contributed by atoms with E-state index in [9.17, 15) is 4.79 Å². The molecule has 3 heteroatoms. The third kappa shape index (κ3) is 3.71. The number of carbonyl (C=O) groups excluding carboxylic acids is 1. The van der Waals surface area contributed by atoms with Crippen LogP contribution in [-0.2, 0) is 4.79 Å². The monoisotopic (exact) mass is 229 g/mol. The molecule has 0 aromatic heterocycles. The normalized spacial score (nSPS) is 22.5. The van der Waals surface area contributed by atoms with Crippen molar-refractivity contribution in [3.8, 4) is 0 Å². The van der Waals surface area contributed by atoms with E-state index in [2.05, 4.69) is 33.4 Å². The fourth-order valence-corrected chi connectivity index (χ4v) is 2.28. The first-order valence-corrected chi connectivity index (χ1v) is 6.50. The molecule has 0 aromatic carbocycles. The standard InChI is InChI=1S/C12H23NOS/c1-4-5-10-6-11(14)13(7-10)8-12(2,3)9-15/h10,15H,4-9H2,1-3H3. The number of carbonyl (C=O) groups is 1. The predicted octanol–water partition coefficient (Wildman–Crippen LogP) is 2.59. The van der Waals surface area contributed by atoms with Crippen LogP contribution in [0.2, 0.25) is 0 Å². The van der Waals surface area contributed by atoms with Crippen LogP contribution >= 0.6 is 12.6 Å². The van der Waals surface area contributed by atoms with Crippen LogP contribution in [0.4, 0.5) is 0 Å². The highest BCUT2D eigenvalue weighted by atomic mass is 32.1. The molecule has 0 radical (unpaired) electrons. The molecule has 2 nitrogen and oxygen atoms in total. The van der Waals surface area contributed by atoms with Gasteiger partial charge in [-0.25, -0.2) is 0 Å². The summed E-state index contributed by atoms with van der Waals surface area (Å²) in [6, 6.07) is 0. The molecule has 1 saturated heterocycles. The minimum Gasteiger partial charge on any atom is -0.342 e. The van der Waals surface area contributed by atoms with Gasteiger partial charge in [-0.3, -0.25) is 4.79 Å². The molecule has 0 aromatic rings. The first-order chi connectivity index (χ1) is 6.98. The average Bonchev–Trinajstić information content (AvgIpc) is 2.47. The van der Waals surface area contributed by atoms with Gasteiger partial charge in [0.2, 0.25) is 5.91 Å². The Balaban J connectivity index is 2.47. The summed E-state index contributed by atoms with van der Waals surface area (Å²) in [6.45, 7) is 8.34. The van der Waals surface area contributed by atoms with Gasteiger partial charge >= 0.3 is 0 Å². The summed E-state index contributed by atoms with van der Waals surface area (Å²) in [7, 11) is 0. The topological polar surface area (TPSA) is 20.3 Å². The van der Waals surface area contributed by atoms with Gasteiger partial charge in [-0.15, -0.1) is 0 Å². The van der Waals surface area contributed by atoms with E-state index in [-0.39, 0.29) is 5.41 Å². The lowest BCUT2D eigenvalue weighted by Crippen LogP contribution is -2.36. The maximum Gasteiger partial charge on any atom is 0.222 e. The predicted molar refractivity (Wildman–Crippen MR) is 67.2 cm³/mol. The van der Waals surface area contributed by atoms with E-state index in [1.54, 1.807) is 0 Å². The number of thiol groups is 1. The van der Waals surface area contributed by atoms with Crippen molar-refractivity contribution < 1.29 is 4.79 Å². The van der Waals surface area contributed by atoms with Crippen LogP contribution in [-0.4, -0.2) is 29.6 Å². The summed E-state index contributed by atoms with van der Waals surface area (Å²) in [4.78, 5) is 13.8. The Hall–Kier alpha value is -0.180. The molecule has 1 amide bonds. The van der Waals surface area contributed by atoms with Crippen molar-refractivity contribution in [2.75, 3.05) is 18.8 Å². The highest BCUT2D eigenvalue weighted by Crippen LogP contribution is 2.26. The summed E-state index contributed by atoms with van der Waals surface area (Å²) < 4.78 is 0. The lowest BCUT2D eigenvalue weighted by molar-refractivity contribution is -0.128. The van der Waals surface area contributed by atoms with Crippen molar-refractivity contribution in [2.45, 2.75) is 40.0 Å². The fraction of sp³-hybridized carbons (Fsp3) is 0.917. The Morgan fingerprint density at radius 2 is 2.20 bits per heavy atom. The SMILES string of the molecule is CCCC1CC(=O)N(CC(C)(C)CS)C1. The van der Waals surface area contributed by atoms with Crippen molar-refractivity contribution >= 4 is 18.5 Å².